The first-order chi connectivity index (χ1) is 15.1. The number of non-ortho nitro benzene ring substituents is 1. The molecule has 0 fully saturated rings. The zero-order valence-electron chi connectivity index (χ0n) is 15.8. The van der Waals surface area contributed by atoms with E-state index < -0.39 is 22.6 Å². The molecule has 0 aliphatic carbocycles. The summed E-state index contributed by atoms with van der Waals surface area (Å²) in [6.45, 7) is 0. The highest BCUT2D eigenvalue weighted by Gasteiger charge is 2.31. The molecule has 3 aromatic rings. The number of benzene rings is 2. The van der Waals surface area contributed by atoms with Gasteiger partial charge in [-0.25, -0.2) is 0 Å². The van der Waals surface area contributed by atoms with Crippen molar-refractivity contribution in [3.05, 3.63) is 86.6 Å². The van der Waals surface area contributed by atoms with Crippen molar-refractivity contribution < 1.29 is 27.3 Å². The van der Waals surface area contributed by atoms with Crippen molar-refractivity contribution in [1.29, 1.82) is 5.26 Å². The molecule has 7 nitrogen and oxygen atoms in total. The maximum atomic E-state index is 13.0. The minimum atomic E-state index is -4.57. The molecule has 162 valence electrons. The molecule has 3 rings (SSSR count). The van der Waals surface area contributed by atoms with Gasteiger partial charge in [0.25, 0.3) is 11.6 Å². The first-order valence-corrected chi connectivity index (χ1v) is 9.11. The fourth-order valence-corrected chi connectivity index (χ4v) is 2.83. The number of nitro benzene ring substituents is 1. The van der Waals surface area contributed by atoms with Gasteiger partial charge in [-0.3, -0.25) is 14.9 Å². The molecule has 0 unspecified atom stereocenters. The Bertz CT molecular complexity index is 1260. The van der Waals surface area contributed by atoms with E-state index in [9.17, 15) is 33.3 Å². The SMILES string of the molecule is N#C/C(=C\c1ccc(-c2cc(C(F)(F)F)ccc2Cl)o1)C(=O)Nc1ccc([N+](=O)[O-])cc1. The Morgan fingerprint density at radius 1 is 1.16 bits per heavy atom. The van der Waals surface area contributed by atoms with Crippen LogP contribution >= 0.6 is 11.6 Å². The molecule has 1 aromatic heterocycles. The molecule has 11 heteroatoms. The normalized spacial score (nSPS) is 11.7. The highest BCUT2D eigenvalue weighted by molar-refractivity contribution is 6.33. The van der Waals surface area contributed by atoms with E-state index in [0.717, 1.165) is 24.3 Å². The molecule has 0 atom stereocenters. The number of hydrogen-bond acceptors (Lipinski definition) is 5. The first kappa shape index (κ1) is 22.6. The third-order valence-corrected chi connectivity index (χ3v) is 4.50. The van der Waals surface area contributed by atoms with E-state index in [-0.39, 0.29) is 39.1 Å². The van der Waals surface area contributed by atoms with Crippen LogP contribution in [0.2, 0.25) is 5.02 Å². The smallest absolute Gasteiger partial charge is 0.416 e. The van der Waals surface area contributed by atoms with Crippen LogP contribution < -0.4 is 5.32 Å². The number of rotatable bonds is 5. The molecule has 0 radical (unpaired) electrons. The molecule has 1 heterocycles. The molecule has 0 spiro atoms. The van der Waals surface area contributed by atoms with E-state index >= 15 is 0 Å². The van der Waals surface area contributed by atoms with Crippen LogP contribution in [0.25, 0.3) is 17.4 Å². The number of carbonyl (C=O) groups is 1. The molecule has 2 aromatic carbocycles. The fraction of sp³-hybridized carbons (Fsp3) is 0.0476. The van der Waals surface area contributed by atoms with Crippen molar-refractivity contribution in [3.63, 3.8) is 0 Å². The van der Waals surface area contributed by atoms with Crippen LogP contribution in [0.1, 0.15) is 11.3 Å². The summed E-state index contributed by atoms with van der Waals surface area (Å²) in [5.74, 6) is -0.763. The zero-order chi connectivity index (χ0) is 23.5. The number of nitro groups is 1. The van der Waals surface area contributed by atoms with Crippen molar-refractivity contribution in [1.82, 2.24) is 0 Å². The number of nitrogens with one attached hydrogen (secondary N) is 1. The highest BCUT2D eigenvalue weighted by atomic mass is 35.5. The molecule has 0 saturated heterocycles. The summed E-state index contributed by atoms with van der Waals surface area (Å²) in [4.78, 5) is 22.4. The lowest BCUT2D eigenvalue weighted by Gasteiger charge is -2.09. The number of nitrogens with zero attached hydrogens (tertiary/aromatic N) is 2. The van der Waals surface area contributed by atoms with E-state index in [2.05, 4.69) is 5.32 Å². The van der Waals surface area contributed by atoms with Crippen LogP contribution in [0.3, 0.4) is 0 Å². The highest BCUT2D eigenvalue weighted by Crippen LogP contribution is 2.36. The summed E-state index contributed by atoms with van der Waals surface area (Å²) in [6, 6.07) is 12.1. The summed E-state index contributed by atoms with van der Waals surface area (Å²) >= 11 is 5.99. The number of halogens is 4. The molecule has 32 heavy (non-hydrogen) atoms. The predicted octanol–water partition coefficient (Wildman–Crippen LogP) is 6.07. The van der Waals surface area contributed by atoms with Crippen LogP contribution in [0.15, 0.2) is 64.6 Å². The molecule has 1 amide bonds. The second-order valence-corrected chi connectivity index (χ2v) is 6.73. The number of amides is 1. The number of nitriles is 1. The summed E-state index contributed by atoms with van der Waals surface area (Å²) < 4.78 is 44.4. The second kappa shape index (κ2) is 8.95. The van der Waals surface area contributed by atoms with Crippen LogP contribution in [0.4, 0.5) is 24.5 Å². The lowest BCUT2D eigenvalue weighted by molar-refractivity contribution is -0.384. The van der Waals surface area contributed by atoms with E-state index in [0.29, 0.717) is 0 Å². The van der Waals surface area contributed by atoms with E-state index in [1.54, 1.807) is 6.07 Å². The third kappa shape index (κ3) is 5.14. The van der Waals surface area contributed by atoms with Crippen LogP contribution in [0, 0.1) is 21.4 Å². The first-order valence-electron chi connectivity index (χ1n) is 8.73. The third-order valence-electron chi connectivity index (χ3n) is 4.17. The van der Waals surface area contributed by atoms with Gasteiger partial charge in [0.2, 0.25) is 0 Å². The Hall–Kier alpha value is -4.10. The average molecular weight is 462 g/mol. The molecular weight excluding hydrogens is 451 g/mol. The number of carbonyl (C=O) groups excluding carboxylic acids is 1. The van der Waals surface area contributed by atoms with Gasteiger partial charge in [0.05, 0.1) is 15.5 Å². The zero-order valence-corrected chi connectivity index (χ0v) is 16.6. The molecular formula is C21H11ClF3N3O4. The van der Waals surface area contributed by atoms with Gasteiger partial charge in [0.15, 0.2) is 0 Å². The topological polar surface area (TPSA) is 109 Å². The predicted molar refractivity (Wildman–Crippen MR) is 109 cm³/mol. The van der Waals surface area contributed by atoms with Gasteiger partial charge in [0, 0.05) is 29.5 Å². The maximum Gasteiger partial charge on any atom is 0.416 e. The van der Waals surface area contributed by atoms with Crippen LogP contribution in [-0.4, -0.2) is 10.8 Å². The summed E-state index contributed by atoms with van der Waals surface area (Å²) in [5, 5.41) is 22.4. The van der Waals surface area contributed by atoms with Crippen molar-refractivity contribution in [2.75, 3.05) is 5.32 Å². The minimum Gasteiger partial charge on any atom is -0.457 e. The van der Waals surface area contributed by atoms with E-state index in [4.69, 9.17) is 16.0 Å². The summed E-state index contributed by atoms with van der Waals surface area (Å²) in [7, 11) is 0. The van der Waals surface area contributed by atoms with Crippen LogP contribution in [0.5, 0.6) is 0 Å². The number of furan rings is 1. The number of hydrogen-bond donors (Lipinski definition) is 1. The average Bonchev–Trinajstić information content (AvgIpc) is 3.20. The van der Waals surface area contributed by atoms with Gasteiger partial charge >= 0.3 is 6.18 Å². The molecule has 1 N–H and O–H groups in total. The van der Waals surface area contributed by atoms with Gasteiger partial charge in [-0.15, -0.1) is 0 Å². The Kier molecular flexibility index (Phi) is 6.32. The molecule has 0 aliphatic heterocycles. The van der Waals surface area contributed by atoms with E-state index in [1.165, 1.54) is 36.4 Å². The second-order valence-electron chi connectivity index (χ2n) is 6.32. The fourth-order valence-electron chi connectivity index (χ4n) is 2.62. The van der Waals surface area contributed by atoms with Gasteiger partial charge in [-0.05, 0) is 42.5 Å². The Labute approximate surface area is 183 Å². The summed E-state index contributed by atoms with van der Waals surface area (Å²) in [5.41, 5.74) is -1.23. The number of alkyl halides is 3. The largest absolute Gasteiger partial charge is 0.457 e. The van der Waals surface area contributed by atoms with Crippen molar-refractivity contribution in [2.24, 2.45) is 0 Å². The van der Waals surface area contributed by atoms with Crippen LogP contribution in [-0.2, 0) is 11.0 Å². The van der Waals surface area contributed by atoms with E-state index in [1.807, 2.05) is 0 Å². The Balaban J connectivity index is 1.83. The molecule has 0 bridgehead atoms. The number of anilines is 1. The van der Waals surface area contributed by atoms with Crippen molar-refractivity contribution in [3.8, 4) is 17.4 Å². The lowest BCUT2D eigenvalue weighted by Crippen LogP contribution is -2.13. The van der Waals surface area contributed by atoms with Crippen molar-refractivity contribution >= 4 is 35.0 Å². The van der Waals surface area contributed by atoms with Crippen molar-refractivity contribution in [2.45, 2.75) is 6.18 Å². The molecule has 0 saturated carbocycles. The van der Waals surface area contributed by atoms with Gasteiger partial charge in [-0.1, -0.05) is 11.6 Å². The van der Waals surface area contributed by atoms with Gasteiger partial charge < -0.3 is 9.73 Å². The Morgan fingerprint density at radius 3 is 2.44 bits per heavy atom. The maximum absolute atomic E-state index is 13.0. The Morgan fingerprint density at radius 2 is 1.84 bits per heavy atom. The standard InChI is InChI=1S/C21H11ClF3N3O4/c22-18-7-1-13(21(23,24)25)10-17(18)19-8-6-16(32-19)9-12(11-26)20(29)27-14-2-4-15(5-3-14)28(30)31/h1-10H,(H,27,29)/b12-9+. The lowest BCUT2D eigenvalue weighted by atomic mass is 10.1. The monoisotopic (exact) mass is 461 g/mol. The van der Waals surface area contributed by atoms with Gasteiger partial charge in [0.1, 0.15) is 23.2 Å². The minimum absolute atomic E-state index is 0.00465. The van der Waals surface area contributed by atoms with Gasteiger partial charge in [-0.2, -0.15) is 18.4 Å². The summed E-state index contributed by atoms with van der Waals surface area (Å²) in [6.07, 6.45) is -3.47. The quantitative estimate of drug-likeness (QED) is 0.214. The molecule has 0 aliphatic rings.